The number of ketones is 1. The Labute approximate surface area is 178 Å². The van der Waals surface area contributed by atoms with Crippen LogP contribution >= 0.6 is 23.2 Å². The molecule has 1 saturated heterocycles. The average Bonchev–Trinajstić information content (AvgIpc) is 3.17. The quantitative estimate of drug-likeness (QED) is 0.375. The van der Waals surface area contributed by atoms with Crippen molar-refractivity contribution in [1.29, 1.82) is 0 Å². The number of halogens is 2. The summed E-state index contributed by atoms with van der Waals surface area (Å²) in [7, 11) is -3.08. The van der Waals surface area contributed by atoms with Gasteiger partial charge >= 0.3 is 5.97 Å². The van der Waals surface area contributed by atoms with Gasteiger partial charge in [-0.05, 0) is 43.7 Å². The Morgan fingerprint density at radius 1 is 1.28 bits per heavy atom. The van der Waals surface area contributed by atoms with Crippen LogP contribution in [0.4, 0.5) is 0 Å². The van der Waals surface area contributed by atoms with Crippen LogP contribution in [0.2, 0.25) is 10.2 Å². The first-order valence-corrected chi connectivity index (χ1v) is 11.3. The Morgan fingerprint density at radius 2 is 1.97 bits per heavy atom. The van der Waals surface area contributed by atoms with Crippen LogP contribution in [0.15, 0.2) is 30.3 Å². The standard InChI is InChI=1S/C19H18Cl2N2O5S/c1-12-16(19(21)23(22-12)15-8-9-29(26,27)11-15)6-7-18(25)28-10-17(24)13-2-4-14(20)5-3-13/h2-7,15H,8-11H2,1H3/b7-6+/t15-/m0/s1. The molecule has 0 saturated carbocycles. The van der Waals surface area contributed by atoms with E-state index in [1.165, 1.54) is 10.8 Å². The summed E-state index contributed by atoms with van der Waals surface area (Å²) < 4.78 is 29.8. The van der Waals surface area contributed by atoms with E-state index in [0.29, 0.717) is 28.3 Å². The Morgan fingerprint density at radius 3 is 2.59 bits per heavy atom. The molecule has 0 N–H and O–H groups in total. The summed E-state index contributed by atoms with van der Waals surface area (Å²) in [6, 6.07) is 5.94. The van der Waals surface area contributed by atoms with Gasteiger partial charge in [-0.1, -0.05) is 23.2 Å². The summed E-state index contributed by atoms with van der Waals surface area (Å²) in [5, 5.41) is 5.07. The molecule has 2 heterocycles. The fourth-order valence-corrected chi connectivity index (χ4v) is 5.18. The summed E-state index contributed by atoms with van der Waals surface area (Å²) in [5.41, 5.74) is 1.44. The molecular formula is C19H18Cl2N2O5S. The zero-order valence-corrected chi connectivity index (χ0v) is 17.8. The van der Waals surface area contributed by atoms with Crippen molar-refractivity contribution in [1.82, 2.24) is 9.78 Å². The van der Waals surface area contributed by atoms with E-state index in [4.69, 9.17) is 27.9 Å². The predicted octanol–water partition coefficient (Wildman–Crippen LogP) is 3.30. The molecule has 1 aromatic heterocycles. The van der Waals surface area contributed by atoms with Gasteiger partial charge in [0.1, 0.15) is 5.15 Å². The van der Waals surface area contributed by atoms with Crippen LogP contribution in [-0.2, 0) is 19.4 Å². The summed E-state index contributed by atoms with van der Waals surface area (Å²) in [4.78, 5) is 24.0. The lowest BCUT2D eigenvalue weighted by molar-refractivity contribution is -0.136. The van der Waals surface area contributed by atoms with E-state index in [1.54, 1.807) is 31.2 Å². The second-order valence-electron chi connectivity index (χ2n) is 6.66. The van der Waals surface area contributed by atoms with Crippen LogP contribution in [0.3, 0.4) is 0 Å². The smallest absolute Gasteiger partial charge is 0.331 e. The van der Waals surface area contributed by atoms with Gasteiger partial charge in [-0.15, -0.1) is 0 Å². The van der Waals surface area contributed by atoms with Gasteiger partial charge in [-0.25, -0.2) is 17.9 Å². The lowest BCUT2D eigenvalue weighted by atomic mass is 10.1. The van der Waals surface area contributed by atoms with Crippen LogP contribution in [0.5, 0.6) is 0 Å². The molecule has 1 fully saturated rings. The maximum atomic E-state index is 12.0. The van der Waals surface area contributed by atoms with Crippen molar-refractivity contribution in [2.75, 3.05) is 18.1 Å². The lowest BCUT2D eigenvalue weighted by Gasteiger charge is -2.09. The number of hydrogen-bond donors (Lipinski definition) is 0. The molecule has 0 radical (unpaired) electrons. The third kappa shape index (κ3) is 5.26. The molecule has 0 amide bonds. The molecule has 1 atom stereocenters. The van der Waals surface area contributed by atoms with E-state index in [2.05, 4.69) is 5.10 Å². The Kier molecular flexibility index (Phi) is 6.45. The van der Waals surface area contributed by atoms with Crippen molar-refractivity contribution in [3.05, 3.63) is 57.3 Å². The first-order chi connectivity index (χ1) is 13.7. The molecule has 7 nitrogen and oxygen atoms in total. The van der Waals surface area contributed by atoms with Gasteiger partial charge in [0.2, 0.25) is 0 Å². The highest BCUT2D eigenvalue weighted by atomic mass is 35.5. The highest BCUT2D eigenvalue weighted by Gasteiger charge is 2.31. The zero-order chi connectivity index (χ0) is 21.2. The van der Waals surface area contributed by atoms with Crippen LogP contribution in [0.1, 0.15) is 34.1 Å². The second-order valence-corrected chi connectivity index (χ2v) is 9.69. The molecule has 10 heteroatoms. The van der Waals surface area contributed by atoms with Gasteiger partial charge < -0.3 is 4.74 Å². The number of Topliss-reactive ketones (excluding diaryl/α,β-unsaturated/α-hetero) is 1. The highest BCUT2D eigenvalue weighted by molar-refractivity contribution is 7.91. The van der Waals surface area contributed by atoms with Crippen LogP contribution in [-0.4, -0.2) is 48.1 Å². The number of aryl methyl sites for hydroxylation is 1. The van der Waals surface area contributed by atoms with E-state index in [-0.39, 0.29) is 28.5 Å². The average molecular weight is 457 g/mol. The molecule has 29 heavy (non-hydrogen) atoms. The minimum absolute atomic E-state index is 0.00809. The first-order valence-electron chi connectivity index (χ1n) is 8.75. The molecule has 0 spiro atoms. The van der Waals surface area contributed by atoms with Gasteiger partial charge in [0.15, 0.2) is 22.2 Å². The number of aromatic nitrogens is 2. The van der Waals surface area contributed by atoms with Crippen molar-refractivity contribution < 1.29 is 22.7 Å². The normalized spacial score (nSPS) is 18.2. The fourth-order valence-electron chi connectivity index (χ4n) is 2.99. The molecule has 0 bridgehead atoms. The van der Waals surface area contributed by atoms with Gasteiger partial charge in [0.05, 0.1) is 23.2 Å². The molecule has 2 aromatic rings. The van der Waals surface area contributed by atoms with Crippen LogP contribution in [0.25, 0.3) is 6.08 Å². The SMILES string of the molecule is Cc1nn([C@H]2CCS(=O)(=O)C2)c(Cl)c1/C=C/C(=O)OCC(=O)c1ccc(Cl)cc1. The molecule has 1 aliphatic rings. The molecule has 0 aliphatic carbocycles. The largest absolute Gasteiger partial charge is 0.454 e. The van der Waals surface area contributed by atoms with E-state index in [1.807, 2.05) is 0 Å². The van der Waals surface area contributed by atoms with Gasteiger partial charge in [0, 0.05) is 22.2 Å². The highest BCUT2D eigenvalue weighted by Crippen LogP contribution is 2.30. The third-order valence-corrected chi connectivity index (χ3v) is 6.90. The maximum Gasteiger partial charge on any atom is 0.331 e. The third-order valence-electron chi connectivity index (χ3n) is 4.52. The fraction of sp³-hybridized carbons (Fsp3) is 0.316. The van der Waals surface area contributed by atoms with Crippen LogP contribution < -0.4 is 0 Å². The Balaban J connectivity index is 1.63. The molecular weight excluding hydrogens is 439 g/mol. The lowest BCUT2D eigenvalue weighted by Crippen LogP contribution is -2.12. The minimum atomic E-state index is -3.08. The molecule has 154 valence electrons. The van der Waals surface area contributed by atoms with Crippen molar-refractivity contribution >= 4 is 50.9 Å². The summed E-state index contributed by atoms with van der Waals surface area (Å²) in [5.74, 6) is -0.968. The van der Waals surface area contributed by atoms with Crippen LogP contribution in [0, 0.1) is 6.92 Å². The van der Waals surface area contributed by atoms with Crippen molar-refractivity contribution in [2.24, 2.45) is 0 Å². The van der Waals surface area contributed by atoms with Crippen molar-refractivity contribution in [3.8, 4) is 0 Å². The first kappa shape index (κ1) is 21.5. The Bertz CT molecular complexity index is 1070. The van der Waals surface area contributed by atoms with Gasteiger partial charge in [-0.2, -0.15) is 5.10 Å². The number of ether oxygens (including phenoxy) is 1. The van der Waals surface area contributed by atoms with Gasteiger partial charge in [-0.3, -0.25) is 4.79 Å². The topological polar surface area (TPSA) is 95.3 Å². The van der Waals surface area contributed by atoms with E-state index >= 15 is 0 Å². The monoisotopic (exact) mass is 456 g/mol. The summed E-state index contributed by atoms with van der Waals surface area (Å²) in [6.45, 7) is 1.30. The van der Waals surface area contributed by atoms with Crippen molar-refractivity contribution in [2.45, 2.75) is 19.4 Å². The van der Waals surface area contributed by atoms with Crippen molar-refractivity contribution in [3.63, 3.8) is 0 Å². The molecule has 1 aliphatic heterocycles. The summed E-state index contributed by atoms with van der Waals surface area (Å²) in [6.07, 6.45) is 3.04. The van der Waals surface area contributed by atoms with Gasteiger partial charge in [0.25, 0.3) is 0 Å². The number of hydrogen-bond acceptors (Lipinski definition) is 6. The molecule has 0 unspecified atom stereocenters. The number of carbonyl (C=O) groups excluding carboxylic acids is 2. The number of sulfone groups is 1. The molecule has 3 rings (SSSR count). The summed E-state index contributed by atoms with van der Waals surface area (Å²) >= 11 is 12.1. The zero-order valence-electron chi connectivity index (χ0n) is 15.5. The number of benzene rings is 1. The maximum absolute atomic E-state index is 12.0. The Hall–Kier alpha value is -2.16. The van der Waals surface area contributed by atoms with E-state index in [9.17, 15) is 18.0 Å². The van der Waals surface area contributed by atoms with E-state index < -0.39 is 22.4 Å². The molecule has 1 aromatic carbocycles. The number of rotatable bonds is 6. The predicted molar refractivity (Wildman–Crippen MR) is 110 cm³/mol. The second kappa shape index (κ2) is 8.69. The number of carbonyl (C=O) groups is 2. The minimum Gasteiger partial charge on any atom is -0.454 e. The number of esters is 1. The number of nitrogens with zero attached hydrogens (tertiary/aromatic N) is 2. The van der Waals surface area contributed by atoms with E-state index in [0.717, 1.165) is 6.08 Å².